The molecule has 0 spiro atoms. The van der Waals surface area contributed by atoms with E-state index in [1.807, 2.05) is 24.5 Å². The number of H-pyrrole nitrogens is 1. The predicted octanol–water partition coefficient (Wildman–Crippen LogP) is 2.77. The lowest BCUT2D eigenvalue weighted by molar-refractivity contribution is 0.444. The van der Waals surface area contributed by atoms with E-state index in [0.717, 1.165) is 5.69 Å². The topological polar surface area (TPSA) is 28.1 Å². The van der Waals surface area contributed by atoms with Gasteiger partial charge in [0, 0.05) is 12.4 Å². The molecule has 2 heteroatoms. The summed E-state index contributed by atoms with van der Waals surface area (Å²) in [6.07, 6.45) is 10.6. The summed E-state index contributed by atoms with van der Waals surface area (Å²) in [4.78, 5) is 7.70. The van der Waals surface area contributed by atoms with Crippen molar-refractivity contribution < 1.29 is 0 Å². The molecule has 0 bridgehead atoms. The number of rotatable bonds is 2. The Balaban J connectivity index is 1.89. The van der Waals surface area contributed by atoms with E-state index in [-0.39, 0.29) is 0 Å². The van der Waals surface area contributed by atoms with Gasteiger partial charge in [0.25, 0.3) is 0 Å². The van der Waals surface area contributed by atoms with Crippen LogP contribution in [0.5, 0.6) is 0 Å². The van der Waals surface area contributed by atoms with Gasteiger partial charge in [0.05, 0.1) is 11.7 Å². The van der Waals surface area contributed by atoms with Crippen molar-refractivity contribution in [2.24, 2.45) is 4.99 Å². The molecule has 2 rings (SSSR count). The molecule has 2 nitrogen and oxygen atoms in total. The van der Waals surface area contributed by atoms with Gasteiger partial charge in [-0.25, -0.2) is 0 Å². The monoisotopic (exact) mass is 176 g/mol. The highest BCUT2D eigenvalue weighted by atomic mass is 14.8. The van der Waals surface area contributed by atoms with E-state index in [1.54, 1.807) is 0 Å². The molecule has 1 aliphatic rings. The normalized spacial score (nSPS) is 19.7. The summed E-state index contributed by atoms with van der Waals surface area (Å²) < 4.78 is 0. The SMILES string of the molecule is C(=N\C1CCCCC1)/c1ccc[nH]1. The van der Waals surface area contributed by atoms with E-state index in [0.29, 0.717) is 6.04 Å². The standard InChI is InChI=1S/C11H16N2/c1-2-5-10(6-3-1)13-9-11-7-4-8-12-11/h4,7-10,12H,1-3,5-6H2/b13-9+. The van der Waals surface area contributed by atoms with Gasteiger partial charge in [0.15, 0.2) is 0 Å². The summed E-state index contributed by atoms with van der Waals surface area (Å²) in [5.41, 5.74) is 1.12. The summed E-state index contributed by atoms with van der Waals surface area (Å²) >= 11 is 0. The molecule has 0 aromatic carbocycles. The lowest BCUT2D eigenvalue weighted by Crippen LogP contribution is -2.09. The first-order chi connectivity index (χ1) is 6.45. The highest BCUT2D eigenvalue weighted by molar-refractivity contribution is 5.77. The van der Waals surface area contributed by atoms with Gasteiger partial charge in [0.2, 0.25) is 0 Å². The fourth-order valence-electron chi connectivity index (χ4n) is 1.84. The molecular weight excluding hydrogens is 160 g/mol. The molecule has 1 aromatic heterocycles. The molecule has 0 amide bonds. The largest absolute Gasteiger partial charge is 0.360 e. The zero-order chi connectivity index (χ0) is 8.93. The lowest BCUT2D eigenvalue weighted by atomic mass is 9.96. The summed E-state index contributed by atoms with van der Waals surface area (Å²) in [7, 11) is 0. The Kier molecular flexibility index (Phi) is 2.80. The molecule has 0 saturated heterocycles. The van der Waals surface area contributed by atoms with Crippen LogP contribution in [0.25, 0.3) is 0 Å². The van der Waals surface area contributed by atoms with Crippen LogP contribution in [0.2, 0.25) is 0 Å². The average molecular weight is 176 g/mol. The van der Waals surface area contributed by atoms with E-state index in [4.69, 9.17) is 0 Å². The van der Waals surface area contributed by atoms with Crippen molar-refractivity contribution in [2.75, 3.05) is 0 Å². The van der Waals surface area contributed by atoms with Gasteiger partial charge in [0.1, 0.15) is 0 Å². The second kappa shape index (κ2) is 4.26. The van der Waals surface area contributed by atoms with Crippen LogP contribution in [-0.2, 0) is 0 Å². The maximum Gasteiger partial charge on any atom is 0.0561 e. The van der Waals surface area contributed by atoms with Crippen LogP contribution in [0.1, 0.15) is 37.8 Å². The smallest absolute Gasteiger partial charge is 0.0561 e. The minimum Gasteiger partial charge on any atom is -0.360 e. The minimum atomic E-state index is 0.581. The van der Waals surface area contributed by atoms with Crippen LogP contribution in [0.15, 0.2) is 23.3 Å². The fraction of sp³-hybridized carbons (Fsp3) is 0.545. The second-order valence-electron chi connectivity index (χ2n) is 3.70. The zero-order valence-electron chi connectivity index (χ0n) is 7.87. The summed E-state index contributed by atoms with van der Waals surface area (Å²) in [6, 6.07) is 4.63. The Labute approximate surface area is 79.1 Å². The Morgan fingerprint density at radius 3 is 2.85 bits per heavy atom. The van der Waals surface area contributed by atoms with Crippen molar-refractivity contribution in [3.05, 3.63) is 24.0 Å². The minimum absolute atomic E-state index is 0.581. The number of aromatic amines is 1. The van der Waals surface area contributed by atoms with Crippen molar-refractivity contribution in [2.45, 2.75) is 38.1 Å². The van der Waals surface area contributed by atoms with Gasteiger partial charge in [-0.2, -0.15) is 0 Å². The molecule has 0 radical (unpaired) electrons. The quantitative estimate of drug-likeness (QED) is 0.671. The van der Waals surface area contributed by atoms with Gasteiger partial charge >= 0.3 is 0 Å². The van der Waals surface area contributed by atoms with Gasteiger partial charge < -0.3 is 4.98 Å². The number of aliphatic imine (C=N–C) groups is 1. The summed E-state index contributed by atoms with van der Waals surface area (Å²) in [5.74, 6) is 0. The first-order valence-electron chi connectivity index (χ1n) is 5.12. The molecule has 0 atom stereocenters. The number of hydrogen-bond acceptors (Lipinski definition) is 1. The fourth-order valence-corrected chi connectivity index (χ4v) is 1.84. The third-order valence-electron chi connectivity index (χ3n) is 2.62. The number of nitrogens with zero attached hydrogens (tertiary/aromatic N) is 1. The maximum absolute atomic E-state index is 4.57. The molecule has 1 aromatic rings. The highest BCUT2D eigenvalue weighted by Gasteiger charge is 2.10. The van der Waals surface area contributed by atoms with E-state index in [2.05, 4.69) is 9.98 Å². The molecule has 1 heterocycles. The molecular formula is C11H16N2. The van der Waals surface area contributed by atoms with Gasteiger partial charge in [-0.1, -0.05) is 19.3 Å². The highest BCUT2D eigenvalue weighted by Crippen LogP contribution is 2.19. The van der Waals surface area contributed by atoms with Crippen LogP contribution in [-0.4, -0.2) is 17.2 Å². The third kappa shape index (κ3) is 2.44. The third-order valence-corrected chi connectivity index (χ3v) is 2.62. The number of aromatic nitrogens is 1. The molecule has 13 heavy (non-hydrogen) atoms. The van der Waals surface area contributed by atoms with Crippen LogP contribution in [0.4, 0.5) is 0 Å². The van der Waals surface area contributed by atoms with E-state index in [1.165, 1.54) is 32.1 Å². The maximum atomic E-state index is 4.57. The molecule has 1 N–H and O–H groups in total. The van der Waals surface area contributed by atoms with E-state index < -0.39 is 0 Å². The van der Waals surface area contributed by atoms with Gasteiger partial charge in [-0.15, -0.1) is 0 Å². The van der Waals surface area contributed by atoms with Crippen molar-refractivity contribution in [3.8, 4) is 0 Å². The molecule has 1 saturated carbocycles. The lowest BCUT2D eigenvalue weighted by Gasteiger charge is -2.16. The average Bonchev–Trinajstić information content (AvgIpc) is 2.69. The zero-order valence-corrected chi connectivity index (χ0v) is 7.87. The first kappa shape index (κ1) is 8.54. The number of nitrogens with one attached hydrogen (secondary N) is 1. The van der Waals surface area contributed by atoms with E-state index in [9.17, 15) is 0 Å². The summed E-state index contributed by atoms with van der Waals surface area (Å²) in [6.45, 7) is 0. The molecule has 1 aliphatic carbocycles. The molecule has 0 aliphatic heterocycles. The van der Waals surface area contributed by atoms with Crippen LogP contribution in [0, 0.1) is 0 Å². The van der Waals surface area contributed by atoms with Crippen LogP contribution >= 0.6 is 0 Å². The molecule has 70 valence electrons. The Morgan fingerprint density at radius 1 is 1.31 bits per heavy atom. The van der Waals surface area contributed by atoms with E-state index >= 15 is 0 Å². The van der Waals surface area contributed by atoms with Crippen molar-refractivity contribution in [1.29, 1.82) is 0 Å². The van der Waals surface area contributed by atoms with Gasteiger partial charge in [-0.3, -0.25) is 4.99 Å². The Hall–Kier alpha value is -1.05. The molecule has 0 unspecified atom stereocenters. The van der Waals surface area contributed by atoms with Crippen molar-refractivity contribution in [3.63, 3.8) is 0 Å². The second-order valence-corrected chi connectivity index (χ2v) is 3.70. The Morgan fingerprint density at radius 2 is 2.15 bits per heavy atom. The van der Waals surface area contributed by atoms with Gasteiger partial charge in [-0.05, 0) is 25.0 Å². The summed E-state index contributed by atoms with van der Waals surface area (Å²) in [5, 5.41) is 0. The van der Waals surface area contributed by atoms with Crippen LogP contribution < -0.4 is 0 Å². The van der Waals surface area contributed by atoms with Crippen LogP contribution in [0.3, 0.4) is 0 Å². The van der Waals surface area contributed by atoms with Crippen molar-refractivity contribution in [1.82, 2.24) is 4.98 Å². The Bertz CT molecular complexity index is 256. The predicted molar refractivity (Wildman–Crippen MR) is 55.3 cm³/mol. The number of hydrogen-bond donors (Lipinski definition) is 1. The first-order valence-corrected chi connectivity index (χ1v) is 5.12. The molecule has 1 fully saturated rings. The van der Waals surface area contributed by atoms with Crippen molar-refractivity contribution >= 4 is 6.21 Å².